The fourth-order valence-electron chi connectivity index (χ4n) is 1.53. The van der Waals surface area contributed by atoms with Gasteiger partial charge >= 0.3 is 0 Å². The predicted octanol–water partition coefficient (Wildman–Crippen LogP) is 1.45. The topological polar surface area (TPSA) is 88.8 Å². The minimum Gasteiger partial charge on any atom is -0.384 e. The smallest absolute Gasteiger partial charge is 0.178 e. The Morgan fingerprint density at radius 2 is 1.94 bits per heavy atom. The SMILES string of the molecule is CCS(=O)(=O)c1ccc(-c2cn[nH]c2N)cc1. The summed E-state index contributed by atoms with van der Waals surface area (Å²) < 4.78 is 23.2. The molecule has 1 heterocycles. The third-order valence-corrected chi connectivity index (χ3v) is 4.32. The third-order valence-electron chi connectivity index (χ3n) is 2.57. The zero-order valence-corrected chi connectivity index (χ0v) is 10.2. The van der Waals surface area contributed by atoms with Gasteiger partial charge in [0.2, 0.25) is 0 Å². The van der Waals surface area contributed by atoms with Crippen LogP contribution in [-0.4, -0.2) is 24.4 Å². The Labute approximate surface area is 99.6 Å². The van der Waals surface area contributed by atoms with E-state index in [0.717, 1.165) is 11.1 Å². The zero-order valence-electron chi connectivity index (χ0n) is 9.34. The van der Waals surface area contributed by atoms with Crippen LogP contribution < -0.4 is 5.73 Å². The van der Waals surface area contributed by atoms with Gasteiger partial charge in [-0.15, -0.1) is 0 Å². The Bertz CT molecular complexity index is 614. The fourth-order valence-corrected chi connectivity index (χ4v) is 2.42. The molecule has 0 saturated heterocycles. The Morgan fingerprint density at radius 3 is 2.41 bits per heavy atom. The van der Waals surface area contributed by atoms with Crippen LogP contribution in [-0.2, 0) is 9.84 Å². The van der Waals surface area contributed by atoms with Crippen molar-refractivity contribution in [2.75, 3.05) is 11.5 Å². The first-order chi connectivity index (χ1) is 8.04. The van der Waals surface area contributed by atoms with Crippen LogP contribution >= 0.6 is 0 Å². The van der Waals surface area contributed by atoms with Gasteiger partial charge in [-0.2, -0.15) is 5.10 Å². The number of aromatic amines is 1. The number of nitrogens with two attached hydrogens (primary N) is 1. The minimum atomic E-state index is -3.15. The zero-order chi connectivity index (χ0) is 12.5. The Hall–Kier alpha value is -1.82. The Kier molecular flexibility index (Phi) is 2.89. The van der Waals surface area contributed by atoms with E-state index in [4.69, 9.17) is 5.73 Å². The average molecular weight is 251 g/mol. The molecule has 0 aliphatic heterocycles. The molecule has 0 amide bonds. The van der Waals surface area contributed by atoms with Crippen LogP contribution in [0.5, 0.6) is 0 Å². The molecular formula is C11H13N3O2S. The lowest BCUT2D eigenvalue weighted by atomic mass is 10.1. The van der Waals surface area contributed by atoms with Crippen molar-refractivity contribution < 1.29 is 8.42 Å². The number of hydrogen-bond donors (Lipinski definition) is 2. The van der Waals surface area contributed by atoms with Crippen molar-refractivity contribution in [3.63, 3.8) is 0 Å². The molecule has 0 spiro atoms. The molecule has 1 aromatic heterocycles. The molecule has 17 heavy (non-hydrogen) atoms. The Morgan fingerprint density at radius 1 is 1.29 bits per heavy atom. The fraction of sp³-hybridized carbons (Fsp3) is 0.182. The number of H-pyrrole nitrogens is 1. The van der Waals surface area contributed by atoms with Crippen LogP contribution in [0.15, 0.2) is 35.4 Å². The monoisotopic (exact) mass is 251 g/mol. The van der Waals surface area contributed by atoms with Gasteiger partial charge in [0.15, 0.2) is 9.84 Å². The number of sulfone groups is 1. The molecule has 1 aromatic carbocycles. The van der Waals surface area contributed by atoms with Crippen molar-refractivity contribution >= 4 is 15.7 Å². The largest absolute Gasteiger partial charge is 0.384 e. The van der Waals surface area contributed by atoms with E-state index < -0.39 is 9.84 Å². The lowest BCUT2D eigenvalue weighted by Gasteiger charge is -2.03. The quantitative estimate of drug-likeness (QED) is 0.864. The van der Waals surface area contributed by atoms with E-state index in [1.807, 2.05) is 0 Å². The van der Waals surface area contributed by atoms with Crippen molar-refractivity contribution in [3.8, 4) is 11.1 Å². The van der Waals surface area contributed by atoms with Gasteiger partial charge in [-0.05, 0) is 17.7 Å². The van der Waals surface area contributed by atoms with Gasteiger partial charge < -0.3 is 5.73 Å². The molecule has 0 radical (unpaired) electrons. The number of rotatable bonds is 3. The number of benzene rings is 1. The van der Waals surface area contributed by atoms with Crippen molar-refractivity contribution in [3.05, 3.63) is 30.5 Å². The van der Waals surface area contributed by atoms with E-state index in [1.54, 1.807) is 37.4 Å². The minimum absolute atomic E-state index is 0.0974. The maximum atomic E-state index is 11.6. The molecular weight excluding hydrogens is 238 g/mol. The summed E-state index contributed by atoms with van der Waals surface area (Å²) in [4.78, 5) is 0.325. The van der Waals surface area contributed by atoms with Crippen LogP contribution in [0.3, 0.4) is 0 Å². The number of nitrogens with one attached hydrogen (secondary N) is 1. The number of aromatic nitrogens is 2. The van der Waals surface area contributed by atoms with E-state index in [-0.39, 0.29) is 5.75 Å². The molecule has 0 bridgehead atoms. The highest BCUT2D eigenvalue weighted by Crippen LogP contribution is 2.24. The first-order valence-corrected chi connectivity index (χ1v) is 6.82. The van der Waals surface area contributed by atoms with Crippen LogP contribution in [0.4, 0.5) is 5.82 Å². The van der Waals surface area contributed by atoms with Crippen LogP contribution in [0.1, 0.15) is 6.92 Å². The summed E-state index contributed by atoms with van der Waals surface area (Å²) >= 11 is 0. The molecule has 2 rings (SSSR count). The highest BCUT2D eigenvalue weighted by Gasteiger charge is 2.12. The molecule has 0 aliphatic rings. The van der Waals surface area contributed by atoms with Gasteiger partial charge in [-0.1, -0.05) is 19.1 Å². The molecule has 0 atom stereocenters. The maximum absolute atomic E-state index is 11.6. The summed E-state index contributed by atoms with van der Waals surface area (Å²) in [7, 11) is -3.15. The van der Waals surface area contributed by atoms with Gasteiger partial charge in [0.05, 0.1) is 16.8 Å². The number of nitrogen functional groups attached to an aromatic ring is 1. The summed E-state index contributed by atoms with van der Waals surface area (Å²) in [6.07, 6.45) is 1.61. The molecule has 5 nitrogen and oxygen atoms in total. The molecule has 0 aliphatic carbocycles. The van der Waals surface area contributed by atoms with Gasteiger partial charge in [-0.3, -0.25) is 5.10 Å². The average Bonchev–Trinajstić information content (AvgIpc) is 2.76. The lowest BCUT2D eigenvalue weighted by Crippen LogP contribution is -2.03. The van der Waals surface area contributed by atoms with Gasteiger partial charge in [-0.25, -0.2) is 8.42 Å². The summed E-state index contributed by atoms with van der Waals surface area (Å²) in [5.41, 5.74) is 7.29. The van der Waals surface area contributed by atoms with Crippen molar-refractivity contribution in [2.24, 2.45) is 0 Å². The Balaban J connectivity index is 2.41. The predicted molar refractivity (Wildman–Crippen MR) is 66.2 cm³/mol. The maximum Gasteiger partial charge on any atom is 0.178 e. The molecule has 0 unspecified atom stereocenters. The summed E-state index contributed by atoms with van der Waals surface area (Å²) in [6.45, 7) is 1.62. The normalized spacial score (nSPS) is 11.6. The number of nitrogens with zero attached hydrogens (tertiary/aromatic N) is 1. The van der Waals surface area contributed by atoms with Crippen molar-refractivity contribution in [1.29, 1.82) is 0 Å². The first kappa shape index (κ1) is 11.7. The number of hydrogen-bond acceptors (Lipinski definition) is 4. The molecule has 0 saturated carbocycles. The van der Waals surface area contributed by atoms with Crippen LogP contribution in [0, 0.1) is 0 Å². The molecule has 2 aromatic rings. The second-order valence-corrected chi connectivity index (χ2v) is 5.90. The summed E-state index contributed by atoms with van der Waals surface area (Å²) in [6, 6.07) is 6.62. The second-order valence-electron chi connectivity index (χ2n) is 3.63. The van der Waals surface area contributed by atoms with E-state index in [0.29, 0.717) is 10.7 Å². The molecule has 6 heteroatoms. The lowest BCUT2D eigenvalue weighted by molar-refractivity contribution is 0.597. The highest BCUT2D eigenvalue weighted by molar-refractivity contribution is 7.91. The summed E-state index contributed by atoms with van der Waals surface area (Å²) in [5, 5.41) is 6.45. The molecule has 0 fully saturated rings. The second kappa shape index (κ2) is 4.21. The van der Waals surface area contributed by atoms with E-state index in [9.17, 15) is 8.42 Å². The van der Waals surface area contributed by atoms with E-state index in [1.165, 1.54) is 0 Å². The van der Waals surface area contributed by atoms with Gasteiger partial charge in [0, 0.05) is 5.56 Å². The third kappa shape index (κ3) is 2.16. The standard InChI is InChI=1S/C11H13N3O2S/c1-2-17(15,16)9-5-3-8(4-6-9)10-7-13-14-11(10)12/h3-7H,2H2,1H3,(H3,12,13,14). The van der Waals surface area contributed by atoms with Crippen LogP contribution in [0.2, 0.25) is 0 Å². The van der Waals surface area contributed by atoms with Crippen LogP contribution in [0.25, 0.3) is 11.1 Å². The highest BCUT2D eigenvalue weighted by atomic mass is 32.2. The van der Waals surface area contributed by atoms with E-state index in [2.05, 4.69) is 10.2 Å². The van der Waals surface area contributed by atoms with Gasteiger partial charge in [0.25, 0.3) is 0 Å². The number of anilines is 1. The van der Waals surface area contributed by atoms with Gasteiger partial charge in [0.1, 0.15) is 5.82 Å². The van der Waals surface area contributed by atoms with Crippen molar-refractivity contribution in [2.45, 2.75) is 11.8 Å². The summed E-state index contributed by atoms with van der Waals surface area (Å²) in [5.74, 6) is 0.566. The van der Waals surface area contributed by atoms with E-state index >= 15 is 0 Å². The van der Waals surface area contributed by atoms with Crippen molar-refractivity contribution in [1.82, 2.24) is 10.2 Å². The molecule has 3 N–H and O–H groups in total. The first-order valence-electron chi connectivity index (χ1n) is 5.16. The molecule has 90 valence electrons.